The van der Waals surface area contributed by atoms with Crippen LogP contribution in [0.1, 0.15) is 5.56 Å². The Morgan fingerprint density at radius 3 is 2.72 bits per heavy atom. The highest BCUT2D eigenvalue weighted by molar-refractivity contribution is 5.46. The predicted octanol–water partition coefficient (Wildman–Crippen LogP) is 3.01. The minimum atomic E-state index is -4.31. The van der Waals surface area contributed by atoms with Gasteiger partial charge in [0, 0.05) is 24.6 Å². The summed E-state index contributed by atoms with van der Waals surface area (Å²) < 4.78 is 39.1. The van der Waals surface area contributed by atoms with Gasteiger partial charge in [0.05, 0.1) is 12.1 Å². The summed E-state index contributed by atoms with van der Waals surface area (Å²) in [4.78, 5) is 0. The molecule has 0 aliphatic heterocycles. The van der Waals surface area contributed by atoms with Crippen LogP contribution in [0.15, 0.2) is 42.7 Å². The molecule has 1 aromatic carbocycles. The van der Waals surface area contributed by atoms with Crippen molar-refractivity contribution in [2.24, 2.45) is 0 Å². The number of halogens is 3. The maximum Gasteiger partial charge on any atom is 0.416 e. The Kier molecular flexibility index (Phi) is 3.55. The molecule has 6 heteroatoms. The predicted molar refractivity (Wildman–Crippen MR) is 62.2 cm³/mol. The molecule has 0 fully saturated rings. The molecule has 0 aliphatic carbocycles. The molecule has 0 aliphatic rings. The number of hydrogen-bond acceptors (Lipinski definition) is 2. The number of hydrogen-bond donors (Lipinski definition) is 1. The van der Waals surface area contributed by atoms with Crippen LogP contribution < -0.4 is 5.32 Å². The second-order valence-corrected chi connectivity index (χ2v) is 3.77. The molecule has 0 atom stereocenters. The largest absolute Gasteiger partial charge is 0.416 e. The van der Waals surface area contributed by atoms with E-state index in [2.05, 4.69) is 10.4 Å². The van der Waals surface area contributed by atoms with Crippen LogP contribution in [0.5, 0.6) is 0 Å². The van der Waals surface area contributed by atoms with E-state index >= 15 is 0 Å². The van der Waals surface area contributed by atoms with Gasteiger partial charge in [-0.25, -0.2) is 0 Å². The zero-order valence-corrected chi connectivity index (χ0v) is 9.48. The van der Waals surface area contributed by atoms with Gasteiger partial charge in [-0.1, -0.05) is 6.07 Å². The van der Waals surface area contributed by atoms with Crippen LogP contribution >= 0.6 is 0 Å². The smallest absolute Gasteiger partial charge is 0.383 e. The van der Waals surface area contributed by atoms with E-state index in [0.29, 0.717) is 18.8 Å². The average molecular weight is 255 g/mol. The summed E-state index contributed by atoms with van der Waals surface area (Å²) >= 11 is 0. The third kappa shape index (κ3) is 3.26. The van der Waals surface area contributed by atoms with Gasteiger partial charge in [-0.3, -0.25) is 4.68 Å². The fourth-order valence-electron chi connectivity index (χ4n) is 1.55. The first-order chi connectivity index (χ1) is 8.55. The number of nitrogens with zero attached hydrogens (tertiary/aromatic N) is 2. The van der Waals surface area contributed by atoms with Gasteiger partial charge >= 0.3 is 6.18 Å². The number of anilines is 1. The minimum absolute atomic E-state index is 0.456. The molecule has 0 spiro atoms. The first-order valence-corrected chi connectivity index (χ1v) is 5.44. The number of aromatic nitrogens is 2. The Morgan fingerprint density at radius 2 is 2.06 bits per heavy atom. The van der Waals surface area contributed by atoms with Crippen molar-refractivity contribution in [3.63, 3.8) is 0 Å². The summed E-state index contributed by atoms with van der Waals surface area (Å²) in [6, 6.07) is 6.95. The number of nitrogens with one attached hydrogen (secondary N) is 1. The Hall–Kier alpha value is -1.98. The highest BCUT2D eigenvalue weighted by Crippen LogP contribution is 2.30. The van der Waals surface area contributed by atoms with E-state index in [0.717, 1.165) is 12.1 Å². The number of rotatable bonds is 4. The Bertz CT molecular complexity index is 492. The molecule has 3 nitrogen and oxygen atoms in total. The fourth-order valence-corrected chi connectivity index (χ4v) is 1.55. The highest BCUT2D eigenvalue weighted by Gasteiger charge is 2.30. The Morgan fingerprint density at radius 1 is 1.22 bits per heavy atom. The van der Waals surface area contributed by atoms with Gasteiger partial charge in [0.1, 0.15) is 0 Å². The van der Waals surface area contributed by atoms with Crippen molar-refractivity contribution in [2.75, 3.05) is 11.9 Å². The van der Waals surface area contributed by atoms with E-state index in [1.807, 2.05) is 0 Å². The molecule has 0 saturated heterocycles. The molecule has 2 aromatic rings. The summed E-state index contributed by atoms with van der Waals surface area (Å²) in [5.41, 5.74) is -0.191. The SMILES string of the molecule is FC(F)(F)c1cccc(NCCn2cccn2)c1. The quantitative estimate of drug-likeness (QED) is 0.910. The lowest BCUT2D eigenvalue weighted by molar-refractivity contribution is -0.137. The molecule has 1 aromatic heterocycles. The molecular formula is C12H12F3N3. The summed E-state index contributed by atoms with van der Waals surface area (Å²) in [6.45, 7) is 1.12. The molecule has 2 rings (SSSR count). The van der Waals surface area contributed by atoms with Crippen molar-refractivity contribution in [1.82, 2.24) is 9.78 Å². The summed E-state index contributed by atoms with van der Waals surface area (Å²) in [5, 5.41) is 6.94. The normalized spacial score (nSPS) is 11.5. The number of alkyl halides is 3. The van der Waals surface area contributed by atoms with Crippen LogP contribution in [0.2, 0.25) is 0 Å². The standard InChI is InChI=1S/C12H12F3N3/c13-12(14,15)10-3-1-4-11(9-10)16-6-8-18-7-2-5-17-18/h1-5,7,9,16H,6,8H2. The summed E-state index contributed by atoms with van der Waals surface area (Å²) in [7, 11) is 0. The first-order valence-electron chi connectivity index (χ1n) is 5.44. The molecule has 1 N–H and O–H groups in total. The molecule has 1 heterocycles. The Balaban J connectivity index is 1.93. The Labute approximate surface area is 102 Å². The van der Waals surface area contributed by atoms with E-state index in [4.69, 9.17) is 0 Å². The van der Waals surface area contributed by atoms with Gasteiger partial charge in [0.2, 0.25) is 0 Å². The zero-order chi connectivity index (χ0) is 13.0. The lowest BCUT2D eigenvalue weighted by Crippen LogP contribution is -2.11. The van der Waals surface area contributed by atoms with Crippen molar-refractivity contribution in [3.05, 3.63) is 48.3 Å². The van der Waals surface area contributed by atoms with Gasteiger partial charge < -0.3 is 5.32 Å². The second kappa shape index (κ2) is 5.12. The van der Waals surface area contributed by atoms with Crippen molar-refractivity contribution in [2.45, 2.75) is 12.7 Å². The van der Waals surface area contributed by atoms with Crippen LogP contribution in [-0.2, 0) is 12.7 Å². The monoisotopic (exact) mass is 255 g/mol. The topological polar surface area (TPSA) is 29.9 Å². The van der Waals surface area contributed by atoms with Crippen LogP contribution in [-0.4, -0.2) is 16.3 Å². The third-order valence-corrected chi connectivity index (χ3v) is 2.42. The molecule has 96 valence electrons. The number of benzene rings is 1. The highest BCUT2D eigenvalue weighted by atomic mass is 19.4. The van der Waals surface area contributed by atoms with Gasteiger partial charge in [-0.05, 0) is 24.3 Å². The molecule has 0 bridgehead atoms. The minimum Gasteiger partial charge on any atom is -0.383 e. The average Bonchev–Trinajstić information content (AvgIpc) is 2.81. The van der Waals surface area contributed by atoms with E-state index in [9.17, 15) is 13.2 Å². The van der Waals surface area contributed by atoms with Crippen LogP contribution in [0.3, 0.4) is 0 Å². The maximum absolute atomic E-state index is 12.5. The van der Waals surface area contributed by atoms with Crippen LogP contribution in [0.25, 0.3) is 0 Å². The molecule has 18 heavy (non-hydrogen) atoms. The van der Waals surface area contributed by atoms with Crippen molar-refractivity contribution < 1.29 is 13.2 Å². The zero-order valence-electron chi connectivity index (χ0n) is 9.48. The molecule has 0 saturated carbocycles. The maximum atomic E-state index is 12.5. The second-order valence-electron chi connectivity index (χ2n) is 3.77. The summed E-state index contributed by atoms with van der Waals surface area (Å²) in [5.74, 6) is 0. The molecule has 0 amide bonds. The van der Waals surface area contributed by atoms with E-state index in [1.165, 1.54) is 6.07 Å². The van der Waals surface area contributed by atoms with Crippen molar-refractivity contribution in [3.8, 4) is 0 Å². The molecular weight excluding hydrogens is 243 g/mol. The third-order valence-electron chi connectivity index (χ3n) is 2.42. The van der Waals surface area contributed by atoms with E-state index in [1.54, 1.807) is 29.2 Å². The van der Waals surface area contributed by atoms with Crippen molar-refractivity contribution >= 4 is 5.69 Å². The van der Waals surface area contributed by atoms with Crippen LogP contribution in [0, 0.1) is 0 Å². The first kappa shape index (κ1) is 12.5. The van der Waals surface area contributed by atoms with E-state index in [-0.39, 0.29) is 0 Å². The van der Waals surface area contributed by atoms with Gasteiger partial charge in [-0.15, -0.1) is 0 Å². The van der Waals surface area contributed by atoms with Gasteiger partial charge in [-0.2, -0.15) is 18.3 Å². The lowest BCUT2D eigenvalue weighted by atomic mass is 10.2. The molecule has 0 unspecified atom stereocenters. The van der Waals surface area contributed by atoms with Gasteiger partial charge in [0.15, 0.2) is 0 Å². The van der Waals surface area contributed by atoms with Gasteiger partial charge in [0.25, 0.3) is 0 Å². The van der Waals surface area contributed by atoms with Crippen molar-refractivity contribution in [1.29, 1.82) is 0 Å². The van der Waals surface area contributed by atoms with E-state index < -0.39 is 11.7 Å². The van der Waals surface area contributed by atoms with Crippen LogP contribution in [0.4, 0.5) is 18.9 Å². The fraction of sp³-hybridized carbons (Fsp3) is 0.250. The molecule has 0 radical (unpaired) electrons. The lowest BCUT2D eigenvalue weighted by Gasteiger charge is -2.10. The summed E-state index contributed by atoms with van der Waals surface area (Å²) in [6.07, 6.45) is -0.849.